The van der Waals surface area contributed by atoms with Crippen LogP contribution in [0.4, 0.5) is 0 Å². The average molecular weight is 301 g/mol. The Hall–Kier alpha value is -0.420. The molecule has 0 aliphatic heterocycles. The molecule has 96 valence electrons. The number of halogens is 1. The number of hydrogen-bond acceptors (Lipinski definition) is 3. The molecule has 0 radical (unpaired) electrons. The zero-order chi connectivity index (χ0) is 12.5. The number of hydrogen-bond donors (Lipinski definition) is 3. The van der Waals surface area contributed by atoms with Gasteiger partial charge < -0.3 is 16.2 Å². The van der Waals surface area contributed by atoms with Crippen LogP contribution in [-0.4, -0.2) is 24.8 Å². The van der Waals surface area contributed by atoms with Gasteiger partial charge in [0.15, 0.2) is 0 Å². The van der Waals surface area contributed by atoms with Crippen molar-refractivity contribution in [2.24, 2.45) is 5.73 Å². The highest BCUT2D eigenvalue weighted by atomic mass is 79.9. The number of nitrogens with two attached hydrogens (primary N) is 1. The van der Waals surface area contributed by atoms with Gasteiger partial charge in [0.25, 0.3) is 0 Å². The molecule has 0 bridgehead atoms. The third kappa shape index (κ3) is 5.64. The minimum absolute atomic E-state index is 0.210. The molecule has 0 aliphatic carbocycles. The van der Waals surface area contributed by atoms with Crippen molar-refractivity contribution < 1.29 is 5.11 Å². The highest BCUT2D eigenvalue weighted by Crippen LogP contribution is 2.17. The second-order valence-electron chi connectivity index (χ2n) is 4.08. The second-order valence-corrected chi connectivity index (χ2v) is 5.00. The van der Waals surface area contributed by atoms with E-state index in [0.29, 0.717) is 6.54 Å². The fraction of sp³-hybridized carbons (Fsp3) is 0.538. The largest absolute Gasteiger partial charge is 0.396 e. The minimum atomic E-state index is 0.210. The van der Waals surface area contributed by atoms with E-state index in [9.17, 15) is 0 Å². The number of rotatable bonds is 8. The van der Waals surface area contributed by atoms with Gasteiger partial charge in [-0.25, -0.2) is 0 Å². The monoisotopic (exact) mass is 300 g/mol. The lowest BCUT2D eigenvalue weighted by atomic mass is 10.1. The van der Waals surface area contributed by atoms with Crippen LogP contribution in [0.15, 0.2) is 28.7 Å². The first-order valence-corrected chi connectivity index (χ1v) is 6.87. The van der Waals surface area contributed by atoms with E-state index in [0.717, 1.165) is 30.3 Å². The van der Waals surface area contributed by atoms with E-state index in [2.05, 4.69) is 33.4 Å². The zero-order valence-corrected chi connectivity index (χ0v) is 11.6. The Labute approximate surface area is 112 Å². The first-order chi connectivity index (χ1) is 8.27. The lowest BCUT2D eigenvalue weighted by molar-refractivity contribution is 0.282. The topological polar surface area (TPSA) is 58.3 Å². The van der Waals surface area contributed by atoms with Gasteiger partial charge in [-0.05, 0) is 43.5 Å². The molecule has 4 heteroatoms. The molecule has 0 amide bonds. The van der Waals surface area contributed by atoms with Crippen LogP contribution in [0.25, 0.3) is 0 Å². The van der Waals surface area contributed by atoms with Gasteiger partial charge in [0.1, 0.15) is 0 Å². The Bertz CT molecular complexity index is 320. The zero-order valence-electron chi connectivity index (χ0n) is 10.0. The summed E-state index contributed by atoms with van der Waals surface area (Å²) in [7, 11) is 0. The normalized spacial score (nSPS) is 12.6. The Kier molecular flexibility index (Phi) is 7.44. The summed E-state index contributed by atoms with van der Waals surface area (Å²) in [5, 5.41) is 12.1. The van der Waals surface area contributed by atoms with Crippen molar-refractivity contribution in [3.8, 4) is 0 Å². The molecule has 0 fully saturated rings. The molecule has 0 spiro atoms. The van der Waals surface area contributed by atoms with Crippen molar-refractivity contribution in [2.75, 3.05) is 19.7 Å². The maximum Gasteiger partial charge on any atom is 0.0444 e. The molecular weight excluding hydrogens is 280 g/mol. The van der Waals surface area contributed by atoms with Crippen LogP contribution in [-0.2, 0) is 0 Å². The van der Waals surface area contributed by atoms with E-state index in [1.165, 1.54) is 5.56 Å². The lowest BCUT2D eigenvalue weighted by Gasteiger charge is -2.17. The van der Waals surface area contributed by atoms with Crippen LogP contribution in [0.5, 0.6) is 0 Å². The predicted octanol–water partition coefficient (Wildman–Crippen LogP) is 2.20. The van der Waals surface area contributed by atoms with Crippen molar-refractivity contribution in [1.29, 1.82) is 0 Å². The second kappa shape index (κ2) is 8.64. The van der Waals surface area contributed by atoms with E-state index < -0.39 is 0 Å². The fourth-order valence-electron chi connectivity index (χ4n) is 1.75. The van der Waals surface area contributed by atoms with Gasteiger partial charge in [0.05, 0.1) is 0 Å². The van der Waals surface area contributed by atoms with E-state index in [1.807, 2.05) is 12.1 Å². The lowest BCUT2D eigenvalue weighted by Crippen LogP contribution is -2.29. The van der Waals surface area contributed by atoms with Crippen LogP contribution in [0.2, 0.25) is 0 Å². The fourth-order valence-corrected chi connectivity index (χ4v) is 2.17. The van der Waals surface area contributed by atoms with Crippen LogP contribution in [0.3, 0.4) is 0 Å². The maximum atomic E-state index is 8.68. The summed E-state index contributed by atoms with van der Waals surface area (Å²) < 4.78 is 1.08. The smallest absolute Gasteiger partial charge is 0.0444 e. The van der Waals surface area contributed by atoms with Crippen LogP contribution in [0, 0.1) is 0 Å². The molecular formula is C13H21BrN2O. The molecule has 3 nitrogen and oxygen atoms in total. The van der Waals surface area contributed by atoms with Crippen molar-refractivity contribution >= 4 is 15.9 Å². The van der Waals surface area contributed by atoms with E-state index in [-0.39, 0.29) is 12.6 Å². The van der Waals surface area contributed by atoms with Crippen molar-refractivity contribution in [1.82, 2.24) is 5.32 Å². The molecule has 1 rings (SSSR count). The highest BCUT2D eigenvalue weighted by Gasteiger charge is 2.08. The number of unbranched alkanes of at least 4 members (excludes halogenated alkanes) is 2. The Balaban J connectivity index is 2.38. The van der Waals surface area contributed by atoms with Crippen LogP contribution in [0.1, 0.15) is 30.9 Å². The summed E-state index contributed by atoms with van der Waals surface area (Å²) >= 11 is 3.47. The first-order valence-electron chi connectivity index (χ1n) is 6.07. The van der Waals surface area contributed by atoms with Gasteiger partial charge in [0.2, 0.25) is 0 Å². The molecule has 1 unspecified atom stereocenters. The van der Waals surface area contributed by atoms with Crippen LogP contribution < -0.4 is 11.1 Å². The van der Waals surface area contributed by atoms with Gasteiger partial charge in [-0.15, -0.1) is 0 Å². The number of benzene rings is 1. The minimum Gasteiger partial charge on any atom is -0.396 e. The molecule has 17 heavy (non-hydrogen) atoms. The van der Waals surface area contributed by atoms with E-state index >= 15 is 0 Å². The molecule has 1 aromatic carbocycles. The third-order valence-electron chi connectivity index (χ3n) is 2.71. The Morgan fingerprint density at radius 1 is 1.29 bits per heavy atom. The molecule has 0 heterocycles. The van der Waals surface area contributed by atoms with Crippen molar-refractivity contribution in [2.45, 2.75) is 25.3 Å². The quantitative estimate of drug-likeness (QED) is 0.645. The molecule has 0 aromatic heterocycles. The van der Waals surface area contributed by atoms with E-state index in [1.54, 1.807) is 0 Å². The summed E-state index contributed by atoms with van der Waals surface area (Å²) in [6.45, 7) is 1.82. The summed E-state index contributed by atoms with van der Waals surface area (Å²) in [5.41, 5.74) is 6.99. The molecule has 1 atom stereocenters. The van der Waals surface area contributed by atoms with Crippen LogP contribution >= 0.6 is 15.9 Å². The van der Waals surface area contributed by atoms with Gasteiger partial charge in [-0.3, -0.25) is 0 Å². The SMILES string of the molecule is NCC(NCCCCCO)c1cccc(Br)c1. The number of nitrogens with one attached hydrogen (secondary N) is 1. The highest BCUT2D eigenvalue weighted by molar-refractivity contribution is 9.10. The van der Waals surface area contributed by atoms with E-state index in [4.69, 9.17) is 10.8 Å². The van der Waals surface area contributed by atoms with Gasteiger partial charge >= 0.3 is 0 Å². The standard InChI is InChI=1S/C13H21BrN2O/c14-12-6-4-5-11(9-12)13(10-15)16-7-2-1-3-8-17/h4-6,9,13,16-17H,1-3,7-8,10,15H2. The Morgan fingerprint density at radius 2 is 2.12 bits per heavy atom. The summed E-state index contributed by atoms with van der Waals surface area (Å²) in [6.07, 6.45) is 3.01. The molecule has 0 aliphatic rings. The molecule has 0 saturated carbocycles. The summed E-state index contributed by atoms with van der Waals surface area (Å²) in [6, 6.07) is 8.43. The van der Waals surface area contributed by atoms with Crippen molar-refractivity contribution in [3.63, 3.8) is 0 Å². The Morgan fingerprint density at radius 3 is 2.76 bits per heavy atom. The predicted molar refractivity (Wildman–Crippen MR) is 74.9 cm³/mol. The molecule has 1 aromatic rings. The average Bonchev–Trinajstić information content (AvgIpc) is 2.34. The number of aliphatic hydroxyl groups is 1. The molecule has 0 saturated heterocycles. The van der Waals surface area contributed by atoms with Gasteiger partial charge in [-0.1, -0.05) is 28.1 Å². The van der Waals surface area contributed by atoms with Crippen molar-refractivity contribution in [3.05, 3.63) is 34.3 Å². The first kappa shape index (κ1) is 14.6. The third-order valence-corrected chi connectivity index (χ3v) is 3.21. The van der Waals surface area contributed by atoms with Gasteiger partial charge in [0, 0.05) is 23.7 Å². The summed E-state index contributed by atoms with van der Waals surface area (Å²) in [4.78, 5) is 0. The number of aliphatic hydroxyl groups excluding tert-OH is 1. The molecule has 4 N–H and O–H groups in total. The van der Waals surface area contributed by atoms with Gasteiger partial charge in [-0.2, -0.15) is 0 Å². The maximum absolute atomic E-state index is 8.68. The summed E-state index contributed by atoms with van der Waals surface area (Å²) in [5.74, 6) is 0.